The molecule has 0 fully saturated rings. The first-order valence-corrected chi connectivity index (χ1v) is 7.52. The lowest BCUT2D eigenvalue weighted by molar-refractivity contribution is 0.241. The molecule has 0 amide bonds. The maximum atomic E-state index is 11.5. The molecule has 0 radical (unpaired) electrons. The van der Waals surface area contributed by atoms with E-state index in [0.717, 1.165) is 28.3 Å². The normalized spacial score (nSPS) is 11.4. The molecular formula is C19H23NO2. The van der Waals surface area contributed by atoms with E-state index in [2.05, 4.69) is 12.1 Å². The van der Waals surface area contributed by atoms with Gasteiger partial charge in [-0.25, -0.2) is 0 Å². The largest absolute Gasteiger partial charge is 0.491 e. The summed E-state index contributed by atoms with van der Waals surface area (Å²) in [6.45, 7) is 9.95. The molecule has 0 aliphatic rings. The van der Waals surface area contributed by atoms with Crippen LogP contribution < -0.4 is 10.2 Å². The number of rotatable bonds is 4. The summed E-state index contributed by atoms with van der Waals surface area (Å²) in [6, 6.07) is 9.44. The van der Waals surface area contributed by atoms with Crippen LogP contribution in [0, 0.1) is 20.8 Å². The van der Waals surface area contributed by atoms with Crippen LogP contribution in [0.25, 0.3) is 12.3 Å². The molecule has 0 N–H and O–H groups in total. The summed E-state index contributed by atoms with van der Waals surface area (Å²) in [6.07, 6.45) is 4.16. The van der Waals surface area contributed by atoms with Crippen molar-refractivity contribution in [1.29, 1.82) is 0 Å². The second-order valence-corrected chi connectivity index (χ2v) is 5.85. The van der Waals surface area contributed by atoms with Crippen molar-refractivity contribution in [2.24, 2.45) is 0 Å². The van der Waals surface area contributed by atoms with Crippen molar-refractivity contribution in [2.45, 2.75) is 40.7 Å². The summed E-state index contributed by atoms with van der Waals surface area (Å²) in [5.74, 6) is 0.908. The lowest BCUT2D eigenvalue weighted by Crippen LogP contribution is -2.08. The maximum absolute atomic E-state index is 11.5. The van der Waals surface area contributed by atoms with Gasteiger partial charge in [-0.05, 0) is 57.9 Å². The van der Waals surface area contributed by atoms with Gasteiger partial charge in [-0.3, -0.25) is 4.79 Å². The van der Waals surface area contributed by atoms with Gasteiger partial charge in [0.2, 0.25) is 0 Å². The fourth-order valence-electron chi connectivity index (χ4n) is 2.37. The average Bonchev–Trinajstić information content (AvgIpc) is 2.40. The first-order chi connectivity index (χ1) is 10.4. The Kier molecular flexibility index (Phi) is 4.86. The predicted molar refractivity (Wildman–Crippen MR) is 92.3 cm³/mol. The number of nitrogens with zero attached hydrogens (tertiary/aromatic N) is 1. The van der Waals surface area contributed by atoms with E-state index < -0.39 is 0 Å². The van der Waals surface area contributed by atoms with Crippen molar-refractivity contribution in [2.75, 3.05) is 0 Å². The van der Waals surface area contributed by atoms with E-state index in [1.807, 2.05) is 57.5 Å². The molecule has 1 aromatic carbocycles. The van der Waals surface area contributed by atoms with Crippen molar-refractivity contribution in [3.8, 4) is 5.75 Å². The van der Waals surface area contributed by atoms with E-state index in [1.165, 1.54) is 0 Å². The van der Waals surface area contributed by atoms with Gasteiger partial charge in [0, 0.05) is 29.7 Å². The van der Waals surface area contributed by atoms with Crippen LogP contribution in [0.4, 0.5) is 0 Å². The number of pyridine rings is 1. The minimum Gasteiger partial charge on any atom is -0.491 e. The minimum atomic E-state index is 0.0441. The molecule has 0 atom stereocenters. The molecule has 0 saturated carbocycles. The number of hydrogen-bond donors (Lipinski definition) is 0. The molecule has 3 nitrogen and oxygen atoms in total. The van der Waals surface area contributed by atoms with Crippen LogP contribution >= 0.6 is 0 Å². The van der Waals surface area contributed by atoms with Crippen LogP contribution in [-0.2, 0) is 0 Å². The van der Waals surface area contributed by atoms with Gasteiger partial charge in [0.25, 0.3) is 0 Å². The number of aromatic nitrogens is 1. The Labute approximate surface area is 131 Å². The molecule has 22 heavy (non-hydrogen) atoms. The van der Waals surface area contributed by atoms with E-state index in [-0.39, 0.29) is 11.5 Å². The SMILES string of the molecule is Cc1ccc(/C=C/n2c(C)cc(=O)cc2C)cc1OC(C)C. The lowest BCUT2D eigenvalue weighted by Gasteiger charge is -2.13. The van der Waals surface area contributed by atoms with E-state index in [4.69, 9.17) is 4.74 Å². The Balaban J connectivity index is 2.33. The molecule has 0 aliphatic heterocycles. The fourth-order valence-corrected chi connectivity index (χ4v) is 2.37. The summed E-state index contributed by atoms with van der Waals surface area (Å²) in [7, 11) is 0. The highest BCUT2D eigenvalue weighted by molar-refractivity contribution is 5.63. The second-order valence-electron chi connectivity index (χ2n) is 5.85. The zero-order valence-corrected chi connectivity index (χ0v) is 13.9. The van der Waals surface area contributed by atoms with Crippen molar-refractivity contribution in [1.82, 2.24) is 4.57 Å². The van der Waals surface area contributed by atoms with Crippen molar-refractivity contribution in [3.63, 3.8) is 0 Å². The molecule has 2 aromatic rings. The highest BCUT2D eigenvalue weighted by Gasteiger charge is 2.03. The number of benzene rings is 1. The molecule has 3 heteroatoms. The Morgan fingerprint density at radius 2 is 1.68 bits per heavy atom. The third-order valence-corrected chi connectivity index (χ3v) is 3.45. The Hall–Kier alpha value is -2.29. The van der Waals surface area contributed by atoms with E-state index in [1.54, 1.807) is 12.1 Å². The summed E-state index contributed by atoms with van der Waals surface area (Å²) in [5.41, 5.74) is 4.09. The van der Waals surface area contributed by atoms with E-state index >= 15 is 0 Å². The van der Waals surface area contributed by atoms with Crippen LogP contribution in [0.15, 0.2) is 35.1 Å². The first kappa shape index (κ1) is 16.1. The van der Waals surface area contributed by atoms with Gasteiger partial charge in [0.15, 0.2) is 5.43 Å². The summed E-state index contributed by atoms with van der Waals surface area (Å²) in [4.78, 5) is 11.5. The number of hydrogen-bond acceptors (Lipinski definition) is 2. The van der Waals surface area contributed by atoms with Crippen LogP contribution in [0.3, 0.4) is 0 Å². The van der Waals surface area contributed by atoms with Crippen LogP contribution in [0.1, 0.15) is 36.4 Å². The predicted octanol–water partition coefficient (Wildman–Crippen LogP) is 4.19. The highest BCUT2D eigenvalue weighted by atomic mass is 16.5. The van der Waals surface area contributed by atoms with Gasteiger partial charge >= 0.3 is 0 Å². The molecular weight excluding hydrogens is 274 g/mol. The minimum absolute atomic E-state index is 0.0441. The summed E-state index contributed by atoms with van der Waals surface area (Å²) >= 11 is 0. The second kappa shape index (κ2) is 6.65. The van der Waals surface area contributed by atoms with Gasteiger partial charge in [-0.15, -0.1) is 0 Å². The molecule has 1 aromatic heterocycles. The van der Waals surface area contributed by atoms with Gasteiger partial charge in [-0.1, -0.05) is 12.1 Å². The van der Waals surface area contributed by atoms with Crippen molar-refractivity contribution >= 4 is 12.3 Å². The van der Waals surface area contributed by atoms with Gasteiger partial charge in [-0.2, -0.15) is 0 Å². The molecule has 116 valence electrons. The number of aryl methyl sites for hydroxylation is 3. The summed E-state index contributed by atoms with van der Waals surface area (Å²) < 4.78 is 7.82. The number of ether oxygens (including phenoxy) is 1. The molecule has 0 bridgehead atoms. The maximum Gasteiger partial charge on any atom is 0.182 e. The quantitative estimate of drug-likeness (QED) is 0.847. The lowest BCUT2D eigenvalue weighted by atomic mass is 10.1. The fraction of sp³-hybridized carbons (Fsp3) is 0.316. The third kappa shape index (κ3) is 3.88. The molecule has 0 spiro atoms. The smallest absolute Gasteiger partial charge is 0.182 e. The van der Waals surface area contributed by atoms with Gasteiger partial charge in [0.05, 0.1) is 6.10 Å². The zero-order valence-electron chi connectivity index (χ0n) is 13.9. The van der Waals surface area contributed by atoms with Crippen molar-refractivity contribution in [3.05, 3.63) is 63.1 Å². The average molecular weight is 297 g/mol. The molecule has 1 heterocycles. The topological polar surface area (TPSA) is 31.2 Å². The zero-order chi connectivity index (χ0) is 16.3. The van der Waals surface area contributed by atoms with Gasteiger partial charge in [0.1, 0.15) is 5.75 Å². The van der Waals surface area contributed by atoms with Crippen LogP contribution in [0.5, 0.6) is 5.75 Å². The highest BCUT2D eigenvalue weighted by Crippen LogP contribution is 2.22. The van der Waals surface area contributed by atoms with Crippen molar-refractivity contribution < 1.29 is 4.74 Å². The first-order valence-electron chi connectivity index (χ1n) is 7.52. The van der Waals surface area contributed by atoms with Gasteiger partial charge < -0.3 is 9.30 Å². The third-order valence-electron chi connectivity index (χ3n) is 3.45. The Morgan fingerprint density at radius 1 is 1.05 bits per heavy atom. The van der Waals surface area contributed by atoms with Crippen LogP contribution in [-0.4, -0.2) is 10.7 Å². The molecule has 0 unspecified atom stereocenters. The van der Waals surface area contributed by atoms with Crippen LogP contribution in [0.2, 0.25) is 0 Å². The monoisotopic (exact) mass is 297 g/mol. The molecule has 0 saturated heterocycles. The molecule has 2 rings (SSSR count). The Bertz CT molecular complexity index is 728. The van der Waals surface area contributed by atoms with E-state index in [9.17, 15) is 4.79 Å². The summed E-state index contributed by atoms with van der Waals surface area (Å²) in [5, 5.41) is 0. The standard InChI is InChI=1S/C19H23NO2/c1-13(2)22-19-12-17(7-6-14(19)3)8-9-20-15(4)10-18(21)11-16(20)5/h6-13H,1-5H3/b9-8+. The Morgan fingerprint density at radius 3 is 2.27 bits per heavy atom. The van der Waals surface area contributed by atoms with E-state index in [0.29, 0.717) is 0 Å². The molecule has 0 aliphatic carbocycles.